The van der Waals surface area contributed by atoms with Gasteiger partial charge in [-0.05, 0) is 50.1 Å². The summed E-state index contributed by atoms with van der Waals surface area (Å²) in [5.41, 5.74) is 4.77. The fourth-order valence-corrected chi connectivity index (χ4v) is 10.9. The maximum absolute atomic E-state index is 8.40. The van der Waals surface area contributed by atoms with Crippen LogP contribution < -0.4 is 0 Å². The van der Waals surface area contributed by atoms with E-state index in [-0.39, 0.29) is 0 Å². The first-order valence-corrected chi connectivity index (χ1v) is 25.0. The molecule has 1 heterocycles. The van der Waals surface area contributed by atoms with E-state index in [2.05, 4.69) is 234 Å². The van der Waals surface area contributed by atoms with Crippen LogP contribution in [0.25, 0.3) is 0 Å². The van der Waals surface area contributed by atoms with Gasteiger partial charge < -0.3 is 23.7 Å². The van der Waals surface area contributed by atoms with Crippen LogP contribution in [0.3, 0.4) is 0 Å². The van der Waals surface area contributed by atoms with Gasteiger partial charge in [0.05, 0.1) is 6.10 Å². The van der Waals surface area contributed by atoms with Gasteiger partial charge in [0.2, 0.25) is 0 Å². The summed E-state index contributed by atoms with van der Waals surface area (Å²) in [5, 5.41) is 0.384. The Kier molecular flexibility index (Phi) is 14.4. The zero-order valence-corrected chi connectivity index (χ0v) is 40.6. The molecule has 1 aliphatic heterocycles. The van der Waals surface area contributed by atoms with Crippen LogP contribution in [0.4, 0.5) is 0 Å². The minimum absolute atomic E-state index is 0.384. The van der Waals surface area contributed by atoms with E-state index in [4.69, 9.17) is 23.7 Å². The molecule has 70 heavy (non-hydrogen) atoms. The molecule has 0 N–H and O–H groups in total. The van der Waals surface area contributed by atoms with Gasteiger partial charge in [0.15, 0.2) is 6.29 Å². The maximum atomic E-state index is 8.40. The summed E-state index contributed by atoms with van der Waals surface area (Å²) in [5.74, 6) is 0. The largest absolute Gasteiger partial charge is 0.353 e. The minimum Gasteiger partial charge on any atom is -0.353 e. The molecular weight excluding hydrogens is 929 g/mol. The van der Waals surface area contributed by atoms with Crippen molar-refractivity contribution in [1.82, 2.24) is 0 Å². The standard InChI is InChI=1S/C64H55BrO5/c1-66-61-60(70-64(54-41-23-8-24-42-54,55-43-25-9-26-44-55)56-45-27-10-28-46-56)59(69-63(51-35-17-5-18-36-51,52-37-19-6-20-38-52)53-39-21-7-22-40-53)58(57(47-65)67-61)68-62(48-29-11-2-12-30-48,49-31-13-3-14-32-49)50-33-15-4-16-34-50/h2-46,57-61H,47H2,1H3/t57-,58+,59+,60+,61+/m0/s1. The summed E-state index contributed by atoms with van der Waals surface area (Å²) in [7, 11) is 1.68. The molecule has 0 saturated carbocycles. The third-order valence-electron chi connectivity index (χ3n) is 13.5. The van der Waals surface area contributed by atoms with E-state index in [1.165, 1.54) is 0 Å². The molecule has 0 bridgehead atoms. The number of hydrogen-bond donors (Lipinski definition) is 0. The lowest BCUT2D eigenvalue weighted by Crippen LogP contribution is -2.65. The molecule has 9 aromatic carbocycles. The average molecular weight is 984 g/mol. The van der Waals surface area contributed by atoms with Crippen LogP contribution in [0.1, 0.15) is 50.1 Å². The molecule has 6 heteroatoms. The van der Waals surface area contributed by atoms with Crippen LogP contribution >= 0.6 is 15.9 Å². The molecule has 0 aromatic heterocycles. The van der Waals surface area contributed by atoms with Crippen molar-refractivity contribution in [1.29, 1.82) is 0 Å². The topological polar surface area (TPSA) is 46.2 Å². The van der Waals surface area contributed by atoms with Gasteiger partial charge in [0, 0.05) is 12.4 Å². The van der Waals surface area contributed by atoms with Crippen LogP contribution in [0, 0.1) is 0 Å². The third kappa shape index (κ3) is 8.88. The summed E-state index contributed by atoms with van der Waals surface area (Å²) < 4.78 is 38.7. The van der Waals surface area contributed by atoms with E-state index in [1.54, 1.807) is 7.11 Å². The van der Waals surface area contributed by atoms with Crippen molar-refractivity contribution in [3.05, 3.63) is 323 Å². The molecule has 1 aliphatic rings. The molecule has 1 fully saturated rings. The average Bonchev–Trinajstić information content (AvgIpc) is 3.45. The molecule has 348 valence electrons. The van der Waals surface area contributed by atoms with Crippen molar-refractivity contribution in [3.8, 4) is 0 Å². The van der Waals surface area contributed by atoms with Crippen LogP contribution in [0.5, 0.6) is 0 Å². The highest BCUT2D eigenvalue weighted by Crippen LogP contribution is 2.51. The zero-order valence-electron chi connectivity index (χ0n) is 39.0. The van der Waals surface area contributed by atoms with E-state index < -0.39 is 47.5 Å². The monoisotopic (exact) mass is 982 g/mol. The highest BCUT2D eigenvalue weighted by atomic mass is 79.9. The smallest absolute Gasteiger partial charge is 0.186 e. The fraction of sp³-hybridized carbons (Fsp3) is 0.156. The summed E-state index contributed by atoms with van der Waals surface area (Å²) in [6.45, 7) is 0. The summed E-state index contributed by atoms with van der Waals surface area (Å²) in [6, 6.07) is 94.0. The number of methoxy groups -OCH3 is 1. The lowest BCUT2D eigenvalue weighted by Gasteiger charge is -2.53. The Morgan fingerprint density at radius 2 is 0.514 bits per heavy atom. The first-order valence-electron chi connectivity index (χ1n) is 23.9. The number of halogens is 1. The Morgan fingerprint density at radius 1 is 0.314 bits per heavy atom. The molecule has 0 spiro atoms. The second kappa shape index (κ2) is 21.5. The maximum Gasteiger partial charge on any atom is 0.186 e. The second-order valence-electron chi connectivity index (χ2n) is 17.5. The van der Waals surface area contributed by atoms with Crippen molar-refractivity contribution >= 4 is 15.9 Å². The van der Waals surface area contributed by atoms with Gasteiger partial charge in [-0.2, -0.15) is 0 Å². The van der Waals surface area contributed by atoms with Gasteiger partial charge in [-0.25, -0.2) is 0 Å². The molecule has 9 aromatic rings. The van der Waals surface area contributed by atoms with Crippen LogP contribution in [-0.4, -0.2) is 43.1 Å². The highest BCUT2D eigenvalue weighted by Gasteiger charge is 2.58. The number of rotatable bonds is 17. The molecule has 5 atom stereocenters. The van der Waals surface area contributed by atoms with E-state index in [1.807, 2.05) is 54.6 Å². The van der Waals surface area contributed by atoms with E-state index in [9.17, 15) is 0 Å². The lowest BCUT2D eigenvalue weighted by atomic mass is 9.78. The molecule has 1 saturated heterocycles. The van der Waals surface area contributed by atoms with Crippen LogP contribution in [0.15, 0.2) is 273 Å². The van der Waals surface area contributed by atoms with Crippen LogP contribution in [0.2, 0.25) is 0 Å². The second-order valence-corrected chi connectivity index (χ2v) is 18.2. The fourth-order valence-electron chi connectivity index (χ4n) is 10.4. The molecule has 0 aliphatic carbocycles. The Labute approximate surface area is 420 Å². The Morgan fingerprint density at radius 3 is 0.714 bits per heavy atom. The Bertz CT molecular complexity index is 2540. The summed E-state index contributed by atoms with van der Waals surface area (Å²) in [6.07, 6.45) is -4.35. The highest BCUT2D eigenvalue weighted by molar-refractivity contribution is 9.09. The molecular formula is C64H55BrO5. The minimum atomic E-state index is -1.23. The van der Waals surface area contributed by atoms with Crippen LogP contribution in [-0.2, 0) is 40.5 Å². The molecule has 0 amide bonds. The Balaban J connectivity index is 1.30. The number of ether oxygens (including phenoxy) is 5. The quantitative estimate of drug-likeness (QED) is 0.0672. The predicted octanol–water partition coefficient (Wildman–Crippen LogP) is 13.9. The van der Waals surface area contributed by atoms with Gasteiger partial charge in [-0.1, -0.05) is 289 Å². The normalized spacial score (nSPS) is 18.5. The van der Waals surface area contributed by atoms with Crippen molar-refractivity contribution in [3.63, 3.8) is 0 Å². The molecule has 10 rings (SSSR count). The zero-order chi connectivity index (χ0) is 47.6. The lowest BCUT2D eigenvalue weighted by molar-refractivity contribution is -0.337. The third-order valence-corrected chi connectivity index (χ3v) is 14.2. The first kappa shape index (κ1) is 47.0. The summed E-state index contributed by atoms with van der Waals surface area (Å²) >= 11 is 3.96. The number of benzene rings is 9. The van der Waals surface area contributed by atoms with E-state index >= 15 is 0 Å². The SMILES string of the molecule is CO[C@@H]1O[C@@H](CBr)[C@@H](OC(c2ccccc2)(c2ccccc2)c2ccccc2)[C@@H](OC(c2ccccc2)(c2ccccc2)c2ccccc2)[C@H]1OC(c1ccccc1)(c1ccccc1)c1ccccc1. The molecule has 0 radical (unpaired) electrons. The van der Waals surface area contributed by atoms with E-state index in [0.717, 1.165) is 50.1 Å². The van der Waals surface area contributed by atoms with Gasteiger partial charge >= 0.3 is 0 Å². The van der Waals surface area contributed by atoms with Gasteiger partial charge in [-0.3, -0.25) is 0 Å². The molecule has 0 unspecified atom stereocenters. The van der Waals surface area contributed by atoms with Crippen molar-refractivity contribution in [2.75, 3.05) is 12.4 Å². The number of alkyl halides is 1. The molecule has 5 nitrogen and oxygen atoms in total. The predicted molar refractivity (Wildman–Crippen MR) is 282 cm³/mol. The van der Waals surface area contributed by atoms with Gasteiger partial charge in [0.1, 0.15) is 35.1 Å². The van der Waals surface area contributed by atoms with E-state index in [0.29, 0.717) is 5.33 Å². The van der Waals surface area contributed by atoms with Gasteiger partial charge in [0.25, 0.3) is 0 Å². The van der Waals surface area contributed by atoms with Crippen molar-refractivity contribution in [2.45, 2.75) is 47.5 Å². The number of hydrogen-bond acceptors (Lipinski definition) is 5. The Hall–Kier alpha value is -6.74. The van der Waals surface area contributed by atoms with Gasteiger partial charge in [-0.15, -0.1) is 0 Å². The summed E-state index contributed by atoms with van der Waals surface area (Å²) in [4.78, 5) is 0. The van der Waals surface area contributed by atoms with Crippen molar-refractivity contribution in [2.24, 2.45) is 0 Å². The first-order chi connectivity index (χ1) is 34.6. The van der Waals surface area contributed by atoms with Crippen molar-refractivity contribution < 1.29 is 23.7 Å².